The predicted molar refractivity (Wildman–Crippen MR) is 86.1 cm³/mol. The van der Waals surface area contributed by atoms with Gasteiger partial charge in [0.25, 0.3) is 0 Å². The van der Waals surface area contributed by atoms with Gasteiger partial charge in [0.2, 0.25) is 0 Å². The van der Waals surface area contributed by atoms with Crippen LogP contribution in [0.3, 0.4) is 0 Å². The Morgan fingerprint density at radius 1 is 1.14 bits per heavy atom. The minimum Gasteiger partial charge on any atom is -0.294 e. The summed E-state index contributed by atoms with van der Waals surface area (Å²) in [5.41, 5.74) is 3.25. The van der Waals surface area contributed by atoms with Crippen molar-refractivity contribution in [3.05, 3.63) is 23.3 Å². The molecule has 4 rings (SSSR count). The summed E-state index contributed by atoms with van der Waals surface area (Å²) in [6, 6.07) is 0. The maximum Gasteiger partial charge on any atom is 0.163 e. The summed E-state index contributed by atoms with van der Waals surface area (Å²) in [6.45, 7) is 13.1. The van der Waals surface area contributed by atoms with Gasteiger partial charge in [-0.05, 0) is 42.4 Å². The van der Waals surface area contributed by atoms with Crippen molar-refractivity contribution < 1.29 is 9.59 Å². The van der Waals surface area contributed by atoms with E-state index in [2.05, 4.69) is 27.4 Å². The van der Waals surface area contributed by atoms with Gasteiger partial charge in [0.05, 0.1) is 0 Å². The molecule has 0 aromatic rings. The first kappa shape index (κ1) is 14.4. The van der Waals surface area contributed by atoms with Crippen LogP contribution in [0.15, 0.2) is 23.3 Å². The van der Waals surface area contributed by atoms with Crippen molar-refractivity contribution in [3.8, 4) is 0 Å². The largest absolute Gasteiger partial charge is 0.294 e. The summed E-state index contributed by atoms with van der Waals surface area (Å²) in [4.78, 5) is 25.6. The van der Waals surface area contributed by atoms with E-state index in [-0.39, 0.29) is 29.3 Å². The Morgan fingerprint density at radius 3 is 2.50 bits per heavy atom. The second-order valence-corrected chi connectivity index (χ2v) is 8.72. The Morgan fingerprint density at radius 2 is 1.82 bits per heavy atom. The van der Waals surface area contributed by atoms with Crippen molar-refractivity contribution in [1.29, 1.82) is 0 Å². The van der Waals surface area contributed by atoms with Crippen LogP contribution >= 0.6 is 0 Å². The number of carbonyl (C=O) groups is 2. The highest BCUT2D eigenvalue weighted by Crippen LogP contribution is 2.70. The summed E-state index contributed by atoms with van der Waals surface area (Å²) in [6.07, 6.45) is 2.85. The molecule has 0 saturated heterocycles. The fourth-order valence-corrected chi connectivity index (χ4v) is 6.02. The normalized spacial score (nSPS) is 46.1. The number of ketones is 2. The molecule has 118 valence electrons. The zero-order valence-electron chi connectivity index (χ0n) is 14.1. The van der Waals surface area contributed by atoms with E-state index in [0.717, 1.165) is 17.6 Å². The highest BCUT2D eigenvalue weighted by molar-refractivity contribution is 6.13. The number of hydrogen-bond acceptors (Lipinski definition) is 2. The standard InChI is InChI=1S/C20H26O2/c1-9-6-7-13-17(20(13,4)5)15-11(3)19(22)12-8-10(2)18(21)16(12)14(9)15/h10-11,13-15,17H,1,6-8H2,2-5H3/t10-,11+,13?,14?,15?,17?/m1/s1. The maximum absolute atomic E-state index is 12.9. The smallest absolute Gasteiger partial charge is 0.163 e. The number of Topliss-reactive ketones (excluding diaryl/α,β-unsaturated/α-hetero) is 2. The molecule has 2 heteroatoms. The molecule has 2 nitrogen and oxygen atoms in total. The van der Waals surface area contributed by atoms with Gasteiger partial charge in [-0.1, -0.05) is 39.8 Å². The minimum absolute atomic E-state index is 0.0148. The molecule has 0 amide bonds. The van der Waals surface area contributed by atoms with E-state index in [4.69, 9.17) is 0 Å². The molecule has 0 heterocycles. The Balaban J connectivity index is 1.87. The average molecular weight is 298 g/mol. The molecule has 0 spiro atoms. The Kier molecular flexibility index (Phi) is 2.76. The van der Waals surface area contributed by atoms with Crippen molar-refractivity contribution >= 4 is 11.6 Å². The second kappa shape index (κ2) is 4.21. The molecule has 0 radical (unpaired) electrons. The lowest BCUT2D eigenvalue weighted by Gasteiger charge is -2.38. The number of hydrogen-bond donors (Lipinski definition) is 0. The van der Waals surface area contributed by atoms with Crippen molar-refractivity contribution in [3.63, 3.8) is 0 Å². The molecule has 4 unspecified atom stereocenters. The SMILES string of the molecule is C=C1CCC2C(C3C1C1=C(C[C@@H](C)C1=O)C(=O)[C@H]3C)C2(C)C. The summed E-state index contributed by atoms with van der Waals surface area (Å²) in [5.74, 6) is 2.24. The molecular formula is C20H26O2. The van der Waals surface area contributed by atoms with Crippen LogP contribution in [0.2, 0.25) is 0 Å². The lowest BCUT2D eigenvalue weighted by Crippen LogP contribution is -2.38. The fourth-order valence-electron chi connectivity index (χ4n) is 6.02. The molecule has 0 bridgehead atoms. The zero-order valence-corrected chi connectivity index (χ0v) is 14.1. The number of carbonyl (C=O) groups excluding carboxylic acids is 2. The summed E-state index contributed by atoms with van der Waals surface area (Å²) in [7, 11) is 0. The molecular weight excluding hydrogens is 272 g/mol. The zero-order chi connectivity index (χ0) is 16.0. The highest BCUT2D eigenvalue weighted by atomic mass is 16.1. The summed E-state index contributed by atoms with van der Waals surface area (Å²) < 4.78 is 0. The van der Waals surface area contributed by atoms with E-state index in [1.807, 2.05) is 6.92 Å². The number of rotatable bonds is 0. The molecule has 4 aliphatic carbocycles. The molecule has 2 saturated carbocycles. The van der Waals surface area contributed by atoms with Gasteiger partial charge in [-0.25, -0.2) is 0 Å². The van der Waals surface area contributed by atoms with Gasteiger partial charge < -0.3 is 0 Å². The maximum atomic E-state index is 12.9. The van der Waals surface area contributed by atoms with Crippen LogP contribution in [0.4, 0.5) is 0 Å². The average Bonchev–Trinajstić information content (AvgIpc) is 2.93. The van der Waals surface area contributed by atoms with Gasteiger partial charge >= 0.3 is 0 Å². The molecule has 0 N–H and O–H groups in total. The fraction of sp³-hybridized carbons (Fsp3) is 0.700. The van der Waals surface area contributed by atoms with Crippen molar-refractivity contribution in [1.82, 2.24) is 0 Å². The van der Waals surface area contributed by atoms with Crippen LogP contribution < -0.4 is 0 Å². The highest BCUT2D eigenvalue weighted by Gasteiger charge is 2.66. The first-order valence-electron chi connectivity index (χ1n) is 8.76. The van der Waals surface area contributed by atoms with Gasteiger partial charge in [-0.2, -0.15) is 0 Å². The predicted octanol–water partition coefficient (Wildman–Crippen LogP) is 3.97. The van der Waals surface area contributed by atoms with Crippen LogP contribution in [-0.2, 0) is 9.59 Å². The Labute approximate surface area is 133 Å². The Bertz CT molecular complexity index is 636. The number of allylic oxidation sites excluding steroid dienone is 3. The molecule has 6 atom stereocenters. The monoisotopic (exact) mass is 298 g/mol. The summed E-state index contributed by atoms with van der Waals surface area (Å²) in [5, 5.41) is 0. The van der Waals surface area contributed by atoms with E-state index in [1.54, 1.807) is 0 Å². The van der Waals surface area contributed by atoms with Gasteiger partial charge in [0.1, 0.15) is 0 Å². The van der Waals surface area contributed by atoms with Crippen molar-refractivity contribution in [2.75, 3.05) is 0 Å². The van der Waals surface area contributed by atoms with Crippen molar-refractivity contribution in [2.24, 2.45) is 40.9 Å². The molecule has 0 aliphatic heterocycles. The lowest BCUT2D eigenvalue weighted by atomic mass is 9.64. The third-order valence-electron chi connectivity index (χ3n) is 7.30. The van der Waals surface area contributed by atoms with Gasteiger partial charge in [-0.15, -0.1) is 0 Å². The minimum atomic E-state index is -0.0148. The van der Waals surface area contributed by atoms with E-state index in [1.165, 1.54) is 12.0 Å². The van der Waals surface area contributed by atoms with E-state index >= 15 is 0 Å². The van der Waals surface area contributed by atoms with Crippen LogP contribution in [0.1, 0.15) is 47.0 Å². The quantitative estimate of drug-likeness (QED) is 0.634. The molecule has 2 fully saturated rings. The van der Waals surface area contributed by atoms with E-state index in [9.17, 15) is 9.59 Å². The third-order valence-corrected chi connectivity index (χ3v) is 7.30. The van der Waals surface area contributed by atoms with Gasteiger partial charge in [0.15, 0.2) is 11.6 Å². The third kappa shape index (κ3) is 1.56. The second-order valence-electron chi connectivity index (χ2n) is 8.72. The van der Waals surface area contributed by atoms with E-state index in [0.29, 0.717) is 29.6 Å². The van der Waals surface area contributed by atoms with Crippen molar-refractivity contribution in [2.45, 2.75) is 47.0 Å². The van der Waals surface area contributed by atoms with E-state index < -0.39 is 0 Å². The molecule has 4 aliphatic rings. The molecule has 0 aromatic heterocycles. The topological polar surface area (TPSA) is 34.1 Å². The molecule has 22 heavy (non-hydrogen) atoms. The van der Waals surface area contributed by atoms with Crippen LogP contribution in [0.25, 0.3) is 0 Å². The van der Waals surface area contributed by atoms with Crippen LogP contribution in [-0.4, -0.2) is 11.6 Å². The van der Waals surface area contributed by atoms with Crippen LogP contribution in [0.5, 0.6) is 0 Å². The molecule has 0 aromatic carbocycles. The lowest BCUT2D eigenvalue weighted by molar-refractivity contribution is -0.123. The van der Waals surface area contributed by atoms with Gasteiger partial charge in [0, 0.05) is 28.9 Å². The Hall–Kier alpha value is -1.18. The first-order chi connectivity index (χ1) is 10.3. The number of fused-ring (bicyclic) bond motifs is 4. The summed E-state index contributed by atoms with van der Waals surface area (Å²) >= 11 is 0. The van der Waals surface area contributed by atoms with Crippen LogP contribution in [0, 0.1) is 40.9 Å². The van der Waals surface area contributed by atoms with Gasteiger partial charge in [-0.3, -0.25) is 9.59 Å². The first-order valence-corrected chi connectivity index (χ1v) is 8.76.